The number of ether oxygens (including phenoxy) is 1. The molecule has 3 rings (SSSR count). The Morgan fingerprint density at radius 2 is 1.89 bits per heavy atom. The third-order valence-electron chi connectivity index (χ3n) is 3.74. The largest absolute Gasteiger partial charge is 0.378 e. The Bertz CT molecular complexity index is 443. The lowest BCUT2D eigenvalue weighted by Crippen LogP contribution is -2.38. The lowest BCUT2D eigenvalue weighted by Gasteiger charge is -2.30. The van der Waals surface area contributed by atoms with E-state index in [0.717, 1.165) is 57.5 Å². The SMILES string of the molecule is Cc1nc(N2CCOCC2)nc2c1CN(C)CC2. The van der Waals surface area contributed by atoms with Gasteiger partial charge in [0.05, 0.1) is 18.9 Å². The van der Waals surface area contributed by atoms with Gasteiger partial charge in [-0.25, -0.2) is 9.97 Å². The van der Waals surface area contributed by atoms with E-state index in [9.17, 15) is 0 Å². The number of rotatable bonds is 1. The van der Waals surface area contributed by atoms with Gasteiger partial charge in [-0.3, -0.25) is 0 Å². The first kappa shape index (κ1) is 11.9. The van der Waals surface area contributed by atoms with E-state index in [-0.39, 0.29) is 0 Å². The maximum Gasteiger partial charge on any atom is 0.225 e. The molecule has 1 fully saturated rings. The smallest absolute Gasteiger partial charge is 0.225 e. The zero-order valence-electron chi connectivity index (χ0n) is 11.1. The van der Waals surface area contributed by atoms with Crippen LogP contribution in [0.25, 0.3) is 0 Å². The number of aromatic nitrogens is 2. The van der Waals surface area contributed by atoms with Crippen LogP contribution in [-0.4, -0.2) is 54.8 Å². The van der Waals surface area contributed by atoms with Gasteiger partial charge in [-0.1, -0.05) is 0 Å². The molecule has 0 spiro atoms. The maximum absolute atomic E-state index is 5.37. The molecule has 0 amide bonds. The summed E-state index contributed by atoms with van der Waals surface area (Å²) in [6.07, 6.45) is 1.03. The maximum atomic E-state index is 5.37. The third-order valence-corrected chi connectivity index (χ3v) is 3.74. The normalized spacial score (nSPS) is 20.9. The molecule has 0 aliphatic carbocycles. The molecule has 0 unspecified atom stereocenters. The molecular formula is C13H20N4O. The Hall–Kier alpha value is -1.20. The van der Waals surface area contributed by atoms with Crippen molar-refractivity contribution in [2.45, 2.75) is 19.9 Å². The highest BCUT2D eigenvalue weighted by Gasteiger charge is 2.21. The molecular weight excluding hydrogens is 228 g/mol. The fraction of sp³-hybridized carbons (Fsp3) is 0.692. The summed E-state index contributed by atoms with van der Waals surface area (Å²) in [7, 11) is 2.15. The van der Waals surface area contributed by atoms with Gasteiger partial charge in [0.2, 0.25) is 5.95 Å². The van der Waals surface area contributed by atoms with Crippen molar-refractivity contribution in [2.24, 2.45) is 0 Å². The molecule has 5 heteroatoms. The van der Waals surface area contributed by atoms with E-state index < -0.39 is 0 Å². The molecule has 18 heavy (non-hydrogen) atoms. The third kappa shape index (κ3) is 2.20. The summed E-state index contributed by atoms with van der Waals surface area (Å²) in [5, 5.41) is 0. The molecule has 1 saturated heterocycles. The molecule has 0 radical (unpaired) electrons. The van der Waals surface area contributed by atoms with Crippen molar-refractivity contribution in [3.63, 3.8) is 0 Å². The van der Waals surface area contributed by atoms with Gasteiger partial charge >= 0.3 is 0 Å². The van der Waals surface area contributed by atoms with Crippen molar-refractivity contribution >= 4 is 5.95 Å². The minimum Gasteiger partial charge on any atom is -0.378 e. The molecule has 2 aliphatic heterocycles. The van der Waals surface area contributed by atoms with Crippen LogP contribution in [0.5, 0.6) is 0 Å². The van der Waals surface area contributed by atoms with Crippen LogP contribution < -0.4 is 4.90 Å². The van der Waals surface area contributed by atoms with Gasteiger partial charge < -0.3 is 14.5 Å². The Kier molecular flexibility index (Phi) is 3.18. The summed E-state index contributed by atoms with van der Waals surface area (Å²) in [6.45, 7) is 7.53. The Labute approximate surface area is 108 Å². The van der Waals surface area contributed by atoms with Crippen LogP contribution in [0, 0.1) is 6.92 Å². The van der Waals surface area contributed by atoms with Gasteiger partial charge in [0, 0.05) is 43.9 Å². The van der Waals surface area contributed by atoms with Gasteiger partial charge in [-0.05, 0) is 14.0 Å². The van der Waals surface area contributed by atoms with Gasteiger partial charge in [0.1, 0.15) is 0 Å². The van der Waals surface area contributed by atoms with Crippen molar-refractivity contribution < 1.29 is 4.74 Å². The number of nitrogens with zero attached hydrogens (tertiary/aromatic N) is 4. The van der Waals surface area contributed by atoms with Gasteiger partial charge in [-0.2, -0.15) is 0 Å². The summed E-state index contributed by atoms with van der Waals surface area (Å²) >= 11 is 0. The average Bonchev–Trinajstić information content (AvgIpc) is 2.40. The first-order chi connectivity index (χ1) is 8.74. The molecule has 98 valence electrons. The van der Waals surface area contributed by atoms with Crippen molar-refractivity contribution in [3.05, 3.63) is 17.0 Å². The molecule has 5 nitrogen and oxygen atoms in total. The van der Waals surface area contributed by atoms with E-state index >= 15 is 0 Å². The number of hydrogen-bond acceptors (Lipinski definition) is 5. The van der Waals surface area contributed by atoms with Crippen LogP contribution in [0.15, 0.2) is 0 Å². The van der Waals surface area contributed by atoms with E-state index in [4.69, 9.17) is 9.72 Å². The highest BCUT2D eigenvalue weighted by atomic mass is 16.5. The summed E-state index contributed by atoms with van der Waals surface area (Å²) in [5.41, 5.74) is 3.69. The second kappa shape index (κ2) is 4.82. The molecule has 2 aliphatic rings. The highest BCUT2D eigenvalue weighted by Crippen LogP contribution is 2.22. The van der Waals surface area contributed by atoms with Crippen LogP contribution in [0.3, 0.4) is 0 Å². The van der Waals surface area contributed by atoms with Crippen molar-refractivity contribution in [3.8, 4) is 0 Å². The quantitative estimate of drug-likeness (QED) is 0.728. The number of aryl methyl sites for hydroxylation is 1. The molecule has 1 aromatic heterocycles. The summed E-state index contributed by atoms with van der Waals surface area (Å²) in [4.78, 5) is 14.0. The first-order valence-electron chi connectivity index (χ1n) is 6.61. The van der Waals surface area contributed by atoms with Gasteiger partial charge in [0.25, 0.3) is 0 Å². The van der Waals surface area contributed by atoms with E-state index in [1.54, 1.807) is 0 Å². The zero-order valence-corrected chi connectivity index (χ0v) is 11.1. The Morgan fingerprint density at radius 1 is 1.11 bits per heavy atom. The number of likely N-dealkylation sites (N-methyl/N-ethyl adjacent to an activating group) is 1. The number of morpholine rings is 1. The summed E-state index contributed by atoms with van der Waals surface area (Å²) in [6, 6.07) is 0. The van der Waals surface area contributed by atoms with Gasteiger partial charge in [0.15, 0.2) is 0 Å². The number of hydrogen-bond donors (Lipinski definition) is 0. The molecule has 0 bridgehead atoms. The van der Waals surface area contributed by atoms with Crippen LogP contribution in [0.2, 0.25) is 0 Å². The molecule has 1 aromatic rings. The summed E-state index contributed by atoms with van der Waals surface area (Å²) < 4.78 is 5.37. The molecule has 3 heterocycles. The zero-order chi connectivity index (χ0) is 12.5. The monoisotopic (exact) mass is 248 g/mol. The standard InChI is InChI=1S/C13H20N4O/c1-10-11-9-16(2)4-3-12(11)15-13(14-10)17-5-7-18-8-6-17/h3-9H2,1-2H3. The highest BCUT2D eigenvalue weighted by molar-refractivity contribution is 5.38. The second-order valence-corrected chi connectivity index (χ2v) is 5.12. The van der Waals surface area contributed by atoms with E-state index in [2.05, 4.69) is 28.8 Å². The van der Waals surface area contributed by atoms with E-state index in [0.29, 0.717) is 0 Å². The lowest BCUT2D eigenvalue weighted by molar-refractivity contribution is 0.122. The molecule has 0 saturated carbocycles. The van der Waals surface area contributed by atoms with Crippen LogP contribution >= 0.6 is 0 Å². The average molecular weight is 248 g/mol. The predicted molar refractivity (Wildman–Crippen MR) is 69.8 cm³/mol. The minimum atomic E-state index is 0.780. The van der Waals surface area contributed by atoms with Gasteiger partial charge in [-0.15, -0.1) is 0 Å². The van der Waals surface area contributed by atoms with Crippen molar-refractivity contribution in [1.82, 2.24) is 14.9 Å². The molecule has 0 aromatic carbocycles. The minimum absolute atomic E-state index is 0.780. The Balaban J connectivity index is 1.91. The van der Waals surface area contributed by atoms with Crippen LogP contribution in [-0.2, 0) is 17.7 Å². The molecule has 0 atom stereocenters. The predicted octanol–water partition coefficient (Wildman–Crippen LogP) is 0.610. The van der Waals surface area contributed by atoms with Crippen molar-refractivity contribution in [1.29, 1.82) is 0 Å². The Morgan fingerprint density at radius 3 is 2.67 bits per heavy atom. The van der Waals surface area contributed by atoms with E-state index in [1.807, 2.05) is 0 Å². The number of fused-ring (bicyclic) bond motifs is 1. The number of anilines is 1. The van der Waals surface area contributed by atoms with Crippen LogP contribution in [0.4, 0.5) is 5.95 Å². The topological polar surface area (TPSA) is 41.5 Å². The fourth-order valence-corrected chi connectivity index (χ4v) is 2.60. The fourth-order valence-electron chi connectivity index (χ4n) is 2.60. The second-order valence-electron chi connectivity index (χ2n) is 5.12. The van der Waals surface area contributed by atoms with Crippen LogP contribution in [0.1, 0.15) is 17.0 Å². The lowest BCUT2D eigenvalue weighted by atomic mass is 10.1. The molecule has 0 N–H and O–H groups in total. The summed E-state index contributed by atoms with van der Waals surface area (Å²) in [5.74, 6) is 0.888. The van der Waals surface area contributed by atoms with E-state index in [1.165, 1.54) is 11.3 Å². The van der Waals surface area contributed by atoms with Crippen molar-refractivity contribution in [2.75, 3.05) is 44.8 Å². The first-order valence-corrected chi connectivity index (χ1v) is 6.61.